The van der Waals surface area contributed by atoms with Crippen molar-refractivity contribution in [2.45, 2.75) is 6.92 Å². The zero-order valence-corrected chi connectivity index (χ0v) is 8.22. The highest BCUT2D eigenvalue weighted by Gasteiger charge is 2.14. The van der Waals surface area contributed by atoms with Crippen molar-refractivity contribution in [1.29, 1.82) is 0 Å². The van der Waals surface area contributed by atoms with Crippen LogP contribution in [0.5, 0.6) is 0 Å². The first-order chi connectivity index (χ1) is 5.86. The first-order valence-corrected chi connectivity index (χ1v) is 6.03. The lowest BCUT2D eigenvalue weighted by molar-refractivity contribution is 1.42. The van der Waals surface area contributed by atoms with Crippen LogP contribution in [0.25, 0.3) is 0 Å². The van der Waals surface area contributed by atoms with Gasteiger partial charge in [-0.1, -0.05) is 49.9 Å². The van der Waals surface area contributed by atoms with E-state index in [4.69, 9.17) is 0 Å². The zero-order valence-electron chi connectivity index (χ0n) is 7.33. The minimum atomic E-state index is 0.128. The fourth-order valence-corrected chi connectivity index (χ4v) is 3.91. The van der Waals surface area contributed by atoms with E-state index in [-0.39, 0.29) is 7.92 Å². The lowest BCUT2D eigenvalue weighted by atomic mass is 10.3. The van der Waals surface area contributed by atoms with E-state index in [1.165, 1.54) is 12.3 Å². The van der Waals surface area contributed by atoms with Gasteiger partial charge in [0.15, 0.2) is 0 Å². The Bertz CT molecular complexity index is 287. The van der Waals surface area contributed by atoms with Crippen LogP contribution in [0.2, 0.25) is 0 Å². The molecule has 0 aliphatic carbocycles. The first-order valence-electron chi connectivity index (χ1n) is 4.32. The van der Waals surface area contributed by atoms with Crippen molar-refractivity contribution in [3.05, 3.63) is 42.0 Å². The molecule has 0 N–H and O–H groups in total. The van der Waals surface area contributed by atoms with Gasteiger partial charge in [0.2, 0.25) is 0 Å². The van der Waals surface area contributed by atoms with Gasteiger partial charge < -0.3 is 0 Å². The summed E-state index contributed by atoms with van der Waals surface area (Å²) >= 11 is 0. The normalized spacial score (nSPS) is 22.4. The quantitative estimate of drug-likeness (QED) is 0.456. The van der Waals surface area contributed by atoms with E-state index in [1.807, 2.05) is 0 Å². The Labute approximate surface area is 75.1 Å². The van der Waals surface area contributed by atoms with E-state index >= 15 is 0 Å². The van der Waals surface area contributed by atoms with E-state index in [0.717, 1.165) is 0 Å². The van der Waals surface area contributed by atoms with Crippen molar-refractivity contribution < 1.29 is 0 Å². The SMILES string of the molecule is CC1=CCP(c2ccccc2)C1. The summed E-state index contributed by atoms with van der Waals surface area (Å²) in [5.41, 5.74) is 1.57. The Kier molecular flexibility index (Phi) is 2.28. The Morgan fingerprint density at radius 2 is 1.92 bits per heavy atom. The number of rotatable bonds is 1. The van der Waals surface area contributed by atoms with Crippen LogP contribution in [0.1, 0.15) is 6.92 Å². The third-order valence-electron chi connectivity index (χ3n) is 2.22. The van der Waals surface area contributed by atoms with E-state index in [1.54, 1.807) is 10.9 Å². The number of allylic oxidation sites excluding steroid dienone is 2. The summed E-state index contributed by atoms with van der Waals surface area (Å²) in [6, 6.07) is 10.9. The van der Waals surface area contributed by atoms with Crippen LogP contribution in [0.4, 0.5) is 0 Å². The van der Waals surface area contributed by atoms with Crippen molar-refractivity contribution in [2.75, 3.05) is 12.3 Å². The third-order valence-corrected chi connectivity index (χ3v) is 4.75. The standard InChI is InChI=1S/C11H13P/c1-10-7-8-12(9-10)11-5-3-2-4-6-11/h2-7H,8-9H2,1H3. The van der Waals surface area contributed by atoms with Gasteiger partial charge in [0, 0.05) is 0 Å². The Hall–Kier alpha value is -0.610. The lowest BCUT2D eigenvalue weighted by Crippen LogP contribution is -2.00. The van der Waals surface area contributed by atoms with Gasteiger partial charge in [0.25, 0.3) is 0 Å². The van der Waals surface area contributed by atoms with Crippen LogP contribution in [-0.4, -0.2) is 12.3 Å². The summed E-state index contributed by atoms with van der Waals surface area (Å²) in [6.45, 7) is 2.24. The van der Waals surface area contributed by atoms with Crippen molar-refractivity contribution >= 4 is 13.2 Å². The van der Waals surface area contributed by atoms with Gasteiger partial charge in [-0.15, -0.1) is 0 Å². The lowest BCUT2D eigenvalue weighted by Gasteiger charge is -2.09. The molecule has 0 aromatic heterocycles. The summed E-state index contributed by atoms with van der Waals surface area (Å²) in [6.07, 6.45) is 5.00. The molecule has 0 spiro atoms. The molecule has 1 aromatic carbocycles. The topological polar surface area (TPSA) is 0 Å². The van der Waals surface area contributed by atoms with Gasteiger partial charge in [-0.25, -0.2) is 0 Å². The molecule has 1 unspecified atom stereocenters. The molecule has 0 bridgehead atoms. The average molecular weight is 176 g/mol. The van der Waals surface area contributed by atoms with Crippen LogP contribution in [0, 0.1) is 0 Å². The smallest absolute Gasteiger partial charge is 0.00740 e. The molecule has 1 aliphatic rings. The molecule has 0 nitrogen and oxygen atoms in total. The number of benzene rings is 1. The number of hydrogen-bond donors (Lipinski definition) is 0. The van der Waals surface area contributed by atoms with Gasteiger partial charge in [-0.3, -0.25) is 0 Å². The molecule has 1 aliphatic heterocycles. The second-order valence-corrected chi connectivity index (χ2v) is 5.54. The molecule has 0 saturated heterocycles. The average Bonchev–Trinajstić information content (AvgIpc) is 2.54. The van der Waals surface area contributed by atoms with E-state index in [2.05, 4.69) is 43.3 Å². The third kappa shape index (κ3) is 1.59. The molecule has 0 fully saturated rings. The number of hydrogen-bond acceptors (Lipinski definition) is 0. The minimum Gasteiger partial charge on any atom is -0.0806 e. The molecule has 1 heterocycles. The van der Waals surface area contributed by atoms with Crippen molar-refractivity contribution in [2.24, 2.45) is 0 Å². The molecular formula is C11H13P. The Morgan fingerprint density at radius 1 is 1.17 bits per heavy atom. The summed E-state index contributed by atoms with van der Waals surface area (Å²) in [7, 11) is 0.128. The van der Waals surface area contributed by atoms with Gasteiger partial charge >= 0.3 is 0 Å². The van der Waals surface area contributed by atoms with Gasteiger partial charge in [0.05, 0.1) is 0 Å². The molecular weight excluding hydrogens is 163 g/mol. The van der Waals surface area contributed by atoms with Crippen LogP contribution < -0.4 is 5.30 Å². The molecule has 1 heteroatoms. The van der Waals surface area contributed by atoms with Gasteiger partial charge in [0.1, 0.15) is 0 Å². The Balaban J connectivity index is 2.14. The fraction of sp³-hybridized carbons (Fsp3) is 0.273. The highest BCUT2D eigenvalue weighted by atomic mass is 31.1. The maximum atomic E-state index is 2.39. The molecule has 0 amide bonds. The molecule has 1 aromatic rings. The summed E-state index contributed by atoms with van der Waals surface area (Å²) in [4.78, 5) is 0. The maximum Gasteiger partial charge on any atom is -0.00740 e. The van der Waals surface area contributed by atoms with Crippen molar-refractivity contribution in [3.63, 3.8) is 0 Å². The Morgan fingerprint density at radius 3 is 2.50 bits per heavy atom. The van der Waals surface area contributed by atoms with Gasteiger partial charge in [-0.2, -0.15) is 0 Å². The molecule has 0 saturated carbocycles. The molecule has 1 atom stereocenters. The maximum absolute atomic E-state index is 2.39. The minimum absolute atomic E-state index is 0.128. The molecule has 0 radical (unpaired) electrons. The summed E-state index contributed by atoms with van der Waals surface area (Å²) < 4.78 is 0. The molecule has 2 rings (SSSR count). The molecule has 12 heavy (non-hydrogen) atoms. The van der Waals surface area contributed by atoms with Crippen molar-refractivity contribution in [3.8, 4) is 0 Å². The van der Waals surface area contributed by atoms with E-state index < -0.39 is 0 Å². The predicted octanol–water partition coefficient (Wildman–Crippen LogP) is 2.75. The monoisotopic (exact) mass is 176 g/mol. The second-order valence-electron chi connectivity index (χ2n) is 3.27. The highest BCUT2D eigenvalue weighted by Crippen LogP contribution is 2.41. The summed E-state index contributed by atoms with van der Waals surface area (Å²) in [5, 5.41) is 1.56. The van der Waals surface area contributed by atoms with Crippen LogP contribution >= 0.6 is 7.92 Å². The largest absolute Gasteiger partial charge is 0.0806 e. The molecule has 62 valence electrons. The zero-order chi connectivity index (χ0) is 8.39. The second kappa shape index (κ2) is 3.41. The van der Waals surface area contributed by atoms with Crippen LogP contribution in [0.15, 0.2) is 42.0 Å². The predicted molar refractivity (Wildman–Crippen MR) is 56.5 cm³/mol. The first kappa shape index (κ1) is 8.01. The van der Waals surface area contributed by atoms with Crippen LogP contribution in [-0.2, 0) is 0 Å². The van der Waals surface area contributed by atoms with E-state index in [9.17, 15) is 0 Å². The summed E-state index contributed by atoms with van der Waals surface area (Å²) in [5.74, 6) is 0. The van der Waals surface area contributed by atoms with E-state index in [0.29, 0.717) is 0 Å². The van der Waals surface area contributed by atoms with Crippen molar-refractivity contribution in [1.82, 2.24) is 0 Å². The highest BCUT2D eigenvalue weighted by molar-refractivity contribution is 7.66. The van der Waals surface area contributed by atoms with Gasteiger partial charge in [-0.05, 0) is 24.6 Å². The van der Waals surface area contributed by atoms with Crippen LogP contribution in [0.3, 0.4) is 0 Å². The fourth-order valence-electron chi connectivity index (χ4n) is 1.53.